The fourth-order valence-electron chi connectivity index (χ4n) is 3.91. The molecule has 1 aliphatic carbocycles. The van der Waals surface area contributed by atoms with Crippen LogP contribution in [0.2, 0.25) is 5.02 Å². The summed E-state index contributed by atoms with van der Waals surface area (Å²) in [6.07, 6.45) is 8.37. The van der Waals surface area contributed by atoms with Crippen LogP contribution in [-0.4, -0.2) is 22.7 Å². The molecule has 1 aromatic heterocycles. The van der Waals surface area contributed by atoms with Crippen LogP contribution < -0.4 is 10.1 Å². The summed E-state index contributed by atoms with van der Waals surface area (Å²) < 4.78 is 21.1. The summed E-state index contributed by atoms with van der Waals surface area (Å²) in [5.41, 5.74) is 2.62. The first-order chi connectivity index (χ1) is 14.1. The van der Waals surface area contributed by atoms with Gasteiger partial charge in [-0.05, 0) is 49.2 Å². The zero-order valence-electron chi connectivity index (χ0n) is 16.5. The van der Waals surface area contributed by atoms with Gasteiger partial charge in [-0.2, -0.15) is 0 Å². The molecule has 0 bridgehead atoms. The standard InChI is InChI=1S/C23H25ClFN3O/c1-29-22-13-17(25)9-12-21(22)23-27-19(14-26-18-5-3-2-4-6-18)15-28(23)20-10-7-16(24)8-11-20/h7-13,15,18,26H,2-6,14H2,1H3. The van der Waals surface area contributed by atoms with E-state index in [0.29, 0.717) is 29.2 Å². The second-order valence-electron chi connectivity index (χ2n) is 7.46. The maximum atomic E-state index is 13.7. The molecule has 1 saturated carbocycles. The Hall–Kier alpha value is -2.37. The predicted octanol–water partition coefficient (Wildman–Crippen LogP) is 5.76. The van der Waals surface area contributed by atoms with Gasteiger partial charge in [0.05, 0.1) is 18.4 Å². The van der Waals surface area contributed by atoms with E-state index in [1.54, 1.807) is 13.2 Å². The number of hydrogen-bond donors (Lipinski definition) is 1. The molecule has 1 N–H and O–H groups in total. The number of nitrogens with zero attached hydrogens (tertiary/aromatic N) is 2. The van der Waals surface area contributed by atoms with E-state index >= 15 is 0 Å². The summed E-state index contributed by atoms with van der Waals surface area (Å²) in [5.74, 6) is 0.830. The van der Waals surface area contributed by atoms with Crippen molar-refractivity contribution in [2.75, 3.05) is 7.11 Å². The highest BCUT2D eigenvalue weighted by Gasteiger charge is 2.18. The number of benzene rings is 2. The first kappa shape index (κ1) is 19.9. The Morgan fingerprint density at radius 3 is 2.62 bits per heavy atom. The van der Waals surface area contributed by atoms with E-state index in [0.717, 1.165) is 16.9 Å². The molecule has 2 aromatic carbocycles. The molecule has 0 unspecified atom stereocenters. The van der Waals surface area contributed by atoms with Gasteiger partial charge in [-0.3, -0.25) is 4.57 Å². The molecule has 0 atom stereocenters. The molecule has 0 spiro atoms. The van der Waals surface area contributed by atoms with Crippen molar-refractivity contribution in [3.63, 3.8) is 0 Å². The molecule has 4 rings (SSSR count). The number of nitrogens with one attached hydrogen (secondary N) is 1. The Morgan fingerprint density at radius 2 is 1.90 bits per heavy atom. The van der Waals surface area contributed by atoms with Crippen molar-refractivity contribution < 1.29 is 9.13 Å². The van der Waals surface area contributed by atoms with Gasteiger partial charge in [0.2, 0.25) is 0 Å². The van der Waals surface area contributed by atoms with Gasteiger partial charge in [-0.25, -0.2) is 9.37 Å². The fraction of sp³-hybridized carbons (Fsp3) is 0.348. The van der Waals surface area contributed by atoms with Crippen molar-refractivity contribution in [3.8, 4) is 22.8 Å². The molecule has 0 aliphatic heterocycles. The number of ether oxygens (including phenoxy) is 1. The van der Waals surface area contributed by atoms with Crippen LogP contribution in [0.15, 0.2) is 48.7 Å². The first-order valence-corrected chi connectivity index (χ1v) is 10.4. The van der Waals surface area contributed by atoms with Crippen LogP contribution in [0.5, 0.6) is 5.75 Å². The molecule has 0 amide bonds. The Kier molecular flexibility index (Phi) is 6.16. The van der Waals surface area contributed by atoms with Gasteiger partial charge in [0.1, 0.15) is 17.4 Å². The van der Waals surface area contributed by atoms with Gasteiger partial charge >= 0.3 is 0 Å². The largest absolute Gasteiger partial charge is 0.496 e. The lowest BCUT2D eigenvalue weighted by atomic mass is 9.95. The minimum Gasteiger partial charge on any atom is -0.496 e. The Morgan fingerprint density at radius 1 is 1.14 bits per heavy atom. The normalized spacial score (nSPS) is 14.9. The van der Waals surface area contributed by atoms with E-state index < -0.39 is 0 Å². The Balaban J connectivity index is 1.70. The first-order valence-electron chi connectivity index (χ1n) is 10.1. The van der Waals surface area contributed by atoms with Gasteiger partial charge in [0.25, 0.3) is 0 Å². The lowest BCUT2D eigenvalue weighted by Crippen LogP contribution is -2.30. The molecular weight excluding hydrogens is 389 g/mol. The third-order valence-corrected chi connectivity index (χ3v) is 5.69. The summed E-state index contributed by atoms with van der Waals surface area (Å²) in [6.45, 7) is 0.696. The van der Waals surface area contributed by atoms with Gasteiger partial charge in [-0.1, -0.05) is 30.9 Å². The Labute approximate surface area is 175 Å². The van der Waals surface area contributed by atoms with Crippen LogP contribution in [0, 0.1) is 5.82 Å². The smallest absolute Gasteiger partial charge is 0.148 e. The highest BCUT2D eigenvalue weighted by Crippen LogP contribution is 2.32. The SMILES string of the molecule is COc1cc(F)ccc1-c1nc(CNC2CCCCC2)cn1-c1ccc(Cl)cc1. The quantitative estimate of drug-likeness (QED) is 0.558. The highest BCUT2D eigenvalue weighted by atomic mass is 35.5. The van der Waals surface area contributed by atoms with Crippen molar-refractivity contribution in [1.82, 2.24) is 14.9 Å². The maximum absolute atomic E-state index is 13.7. The van der Waals surface area contributed by atoms with Gasteiger partial charge in [0.15, 0.2) is 0 Å². The molecule has 1 heterocycles. The summed E-state index contributed by atoms with van der Waals surface area (Å²) in [4.78, 5) is 4.87. The van der Waals surface area contributed by atoms with E-state index in [4.69, 9.17) is 21.3 Å². The van der Waals surface area contributed by atoms with Crippen LogP contribution in [0.1, 0.15) is 37.8 Å². The zero-order chi connectivity index (χ0) is 20.2. The summed E-state index contributed by atoms with van der Waals surface area (Å²) in [5, 5.41) is 4.31. The number of methoxy groups -OCH3 is 1. The molecule has 1 fully saturated rings. The van der Waals surface area contributed by atoms with E-state index in [1.165, 1.54) is 44.2 Å². The monoisotopic (exact) mass is 413 g/mol. The number of imidazole rings is 1. The molecule has 152 valence electrons. The molecule has 1 aliphatic rings. The lowest BCUT2D eigenvalue weighted by molar-refractivity contribution is 0.371. The van der Waals surface area contributed by atoms with Crippen LogP contribution in [0.3, 0.4) is 0 Å². The van der Waals surface area contributed by atoms with Crippen molar-refractivity contribution in [2.24, 2.45) is 0 Å². The number of aromatic nitrogens is 2. The highest BCUT2D eigenvalue weighted by molar-refractivity contribution is 6.30. The minimum atomic E-state index is -0.339. The van der Waals surface area contributed by atoms with Crippen LogP contribution >= 0.6 is 11.6 Å². The fourth-order valence-corrected chi connectivity index (χ4v) is 4.03. The van der Waals surface area contributed by atoms with Gasteiger partial charge in [-0.15, -0.1) is 0 Å². The summed E-state index contributed by atoms with van der Waals surface area (Å²) >= 11 is 6.07. The number of rotatable bonds is 6. The summed E-state index contributed by atoms with van der Waals surface area (Å²) in [6, 6.07) is 12.7. The number of hydrogen-bond acceptors (Lipinski definition) is 3. The molecule has 6 heteroatoms. The van der Waals surface area contributed by atoms with E-state index in [1.807, 2.05) is 35.0 Å². The predicted molar refractivity (Wildman–Crippen MR) is 114 cm³/mol. The third kappa shape index (κ3) is 4.62. The van der Waals surface area contributed by atoms with E-state index in [9.17, 15) is 4.39 Å². The molecular formula is C23H25ClFN3O. The van der Waals surface area contributed by atoms with Crippen molar-refractivity contribution in [1.29, 1.82) is 0 Å². The molecule has 4 nitrogen and oxygen atoms in total. The Bertz CT molecular complexity index is 965. The average molecular weight is 414 g/mol. The van der Waals surface area contributed by atoms with E-state index in [-0.39, 0.29) is 5.82 Å². The average Bonchev–Trinajstić information content (AvgIpc) is 3.17. The van der Waals surface area contributed by atoms with Gasteiger partial charge in [0, 0.05) is 35.6 Å². The van der Waals surface area contributed by atoms with Gasteiger partial charge < -0.3 is 10.1 Å². The molecule has 0 saturated heterocycles. The van der Waals surface area contributed by atoms with Crippen molar-refractivity contribution in [2.45, 2.75) is 44.7 Å². The van der Waals surface area contributed by atoms with Crippen LogP contribution in [0.25, 0.3) is 17.1 Å². The van der Waals surface area contributed by atoms with Crippen molar-refractivity contribution in [3.05, 3.63) is 65.2 Å². The number of halogens is 2. The van der Waals surface area contributed by atoms with Crippen LogP contribution in [-0.2, 0) is 6.54 Å². The zero-order valence-corrected chi connectivity index (χ0v) is 17.3. The molecule has 0 radical (unpaired) electrons. The molecule has 29 heavy (non-hydrogen) atoms. The topological polar surface area (TPSA) is 39.1 Å². The molecule has 3 aromatic rings. The van der Waals surface area contributed by atoms with E-state index in [2.05, 4.69) is 5.32 Å². The van der Waals surface area contributed by atoms with Crippen molar-refractivity contribution >= 4 is 11.6 Å². The lowest BCUT2D eigenvalue weighted by Gasteiger charge is -2.22. The maximum Gasteiger partial charge on any atom is 0.148 e. The van der Waals surface area contributed by atoms with Crippen LogP contribution in [0.4, 0.5) is 4.39 Å². The second-order valence-corrected chi connectivity index (χ2v) is 7.90. The summed E-state index contributed by atoms with van der Waals surface area (Å²) in [7, 11) is 1.54. The third-order valence-electron chi connectivity index (χ3n) is 5.44. The minimum absolute atomic E-state index is 0.339. The second kappa shape index (κ2) is 8.97.